The number of carbonyl (C=O) groups is 3. The zero-order chi connectivity index (χ0) is 15.4. The van der Waals surface area contributed by atoms with Crippen molar-refractivity contribution in [3.8, 4) is 0 Å². The molecule has 0 aliphatic carbocycles. The summed E-state index contributed by atoms with van der Waals surface area (Å²) < 4.78 is 0. The minimum Gasteiger partial charge on any atom is -0.397 e. The molecule has 3 N–H and O–H groups in total. The van der Waals surface area contributed by atoms with Crippen LogP contribution in [0.15, 0.2) is 18.2 Å². The Bertz CT molecular complexity index is 578. The number of hydrogen-bond donors (Lipinski definition) is 2. The monoisotopic (exact) mass is 327 g/mol. The van der Waals surface area contributed by atoms with E-state index in [0.717, 1.165) is 11.8 Å². The van der Waals surface area contributed by atoms with Gasteiger partial charge in [-0.15, -0.1) is 0 Å². The molecule has 0 saturated carbocycles. The number of rotatable bonds is 5. The summed E-state index contributed by atoms with van der Waals surface area (Å²) in [7, 11) is 0. The lowest BCUT2D eigenvalue weighted by Crippen LogP contribution is -2.30. The van der Waals surface area contributed by atoms with Crippen LogP contribution in [0.1, 0.15) is 12.8 Å². The smallest absolute Gasteiger partial charge is 0.288 e. The van der Waals surface area contributed by atoms with Crippen LogP contribution in [0.5, 0.6) is 0 Å². The van der Waals surface area contributed by atoms with E-state index in [9.17, 15) is 14.4 Å². The standard InChI is InChI=1S/C13H14ClN3O3S/c14-8-3-4-9(15)10(6-8)16-11(18)2-1-5-17-12(19)7-21-13(17)20/h3-4,6H,1-2,5,7,15H2,(H,16,18). The molecule has 1 aliphatic rings. The Morgan fingerprint density at radius 3 is 2.86 bits per heavy atom. The number of hydrogen-bond acceptors (Lipinski definition) is 5. The highest BCUT2D eigenvalue weighted by molar-refractivity contribution is 8.14. The van der Waals surface area contributed by atoms with E-state index in [-0.39, 0.29) is 35.8 Å². The van der Waals surface area contributed by atoms with Crippen molar-refractivity contribution in [1.82, 2.24) is 4.90 Å². The summed E-state index contributed by atoms with van der Waals surface area (Å²) in [5, 5.41) is 2.88. The van der Waals surface area contributed by atoms with Gasteiger partial charge in [0.1, 0.15) is 0 Å². The van der Waals surface area contributed by atoms with Gasteiger partial charge in [0, 0.05) is 18.0 Å². The molecule has 8 heteroatoms. The van der Waals surface area contributed by atoms with E-state index in [4.69, 9.17) is 17.3 Å². The average molecular weight is 328 g/mol. The molecule has 0 spiro atoms. The Hall–Kier alpha value is -1.73. The van der Waals surface area contributed by atoms with E-state index in [1.165, 1.54) is 4.90 Å². The maximum atomic E-state index is 11.8. The van der Waals surface area contributed by atoms with Gasteiger partial charge in [0.25, 0.3) is 5.24 Å². The quantitative estimate of drug-likeness (QED) is 0.810. The third-order valence-corrected chi connectivity index (χ3v) is 4.01. The number of imide groups is 1. The first-order valence-corrected chi connectivity index (χ1v) is 7.65. The minimum atomic E-state index is -0.250. The van der Waals surface area contributed by atoms with Crippen molar-refractivity contribution in [2.24, 2.45) is 0 Å². The van der Waals surface area contributed by atoms with Gasteiger partial charge in [0.2, 0.25) is 11.8 Å². The molecule has 21 heavy (non-hydrogen) atoms. The van der Waals surface area contributed by atoms with Gasteiger partial charge in [-0.2, -0.15) is 0 Å². The van der Waals surface area contributed by atoms with Crippen molar-refractivity contribution in [2.75, 3.05) is 23.3 Å². The topological polar surface area (TPSA) is 92.5 Å². The molecule has 0 unspecified atom stereocenters. The second kappa shape index (κ2) is 6.82. The molecule has 0 bridgehead atoms. The van der Waals surface area contributed by atoms with Gasteiger partial charge in [-0.05, 0) is 24.6 Å². The van der Waals surface area contributed by atoms with Crippen LogP contribution >= 0.6 is 23.4 Å². The summed E-state index contributed by atoms with van der Waals surface area (Å²) in [4.78, 5) is 35.7. The fourth-order valence-electron chi connectivity index (χ4n) is 1.84. The van der Waals surface area contributed by atoms with Gasteiger partial charge in [-0.3, -0.25) is 19.3 Å². The molecule has 112 valence electrons. The first-order chi connectivity index (χ1) is 9.97. The lowest BCUT2D eigenvalue weighted by atomic mass is 10.2. The van der Waals surface area contributed by atoms with Crippen LogP contribution in [0.4, 0.5) is 16.2 Å². The molecule has 2 rings (SSSR count). The van der Waals surface area contributed by atoms with Crippen LogP contribution in [0.25, 0.3) is 0 Å². The summed E-state index contributed by atoms with van der Waals surface area (Å²) in [6, 6.07) is 4.81. The summed E-state index contributed by atoms with van der Waals surface area (Å²) in [5.41, 5.74) is 6.61. The van der Waals surface area contributed by atoms with E-state index < -0.39 is 0 Å². The highest BCUT2D eigenvalue weighted by Gasteiger charge is 2.29. The van der Waals surface area contributed by atoms with Crippen LogP contribution in [-0.4, -0.2) is 34.3 Å². The van der Waals surface area contributed by atoms with E-state index in [0.29, 0.717) is 22.8 Å². The number of benzene rings is 1. The summed E-state index contributed by atoms with van der Waals surface area (Å²) >= 11 is 6.82. The number of nitrogen functional groups attached to an aromatic ring is 1. The van der Waals surface area contributed by atoms with E-state index >= 15 is 0 Å². The van der Waals surface area contributed by atoms with E-state index in [2.05, 4.69) is 5.32 Å². The maximum absolute atomic E-state index is 11.8. The van der Waals surface area contributed by atoms with E-state index in [1.807, 2.05) is 0 Å². The van der Waals surface area contributed by atoms with Gasteiger partial charge in [0.15, 0.2) is 0 Å². The summed E-state index contributed by atoms with van der Waals surface area (Å²) in [6.45, 7) is 0.253. The second-order valence-corrected chi connectivity index (χ2v) is 5.85. The summed E-state index contributed by atoms with van der Waals surface area (Å²) in [6.07, 6.45) is 0.595. The predicted molar refractivity (Wildman–Crippen MR) is 83.3 cm³/mol. The molecular formula is C13H14ClN3O3S. The molecule has 1 heterocycles. The van der Waals surface area contributed by atoms with Crippen molar-refractivity contribution in [1.29, 1.82) is 0 Å². The average Bonchev–Trinajstić information content (AvgIpc) is 2.74. The van der Waals surface area contributed by atoms with Crippen LogP contribution in [0.2, 0.25) is 5.02 Å². The van der Waals surface area contributed by atoms with Crippen LogP contribution in [0.3, 0.4) is 0 Å². The van der Waals surface area contributed by atoms with Crippen molar-refractivity contribution in [3.05, 3.63) is 23.2 Å². The Kier molecular flexibility index (Phi) is 5.08. The van der Waals surface area contributed by atoms with Crippen LogP contribution < -0.4 is 11.1 Å². The lowest BCUT2D eigenvalue weighted by molar-refractivity contribution is -0.125. The maximum Gasteiger partial charge on any atom is 0.288 e. The van der Waals surface area contributed by atoms with Crippen LogP contribution in [0, 0.1) is 0 Å². The fraction of sp³-hybridized carbons (Fsp3) is 0.308. The molecule has 1 fully saturated rings. The van der Waals surface area contributed by atoms with Crippen molar-refractivity contribution < 1.29 is 14.4 Å². The number of nitrogens with one attached hydrogen (secondary N) is 1. The third kappa shape index (κ3) is 4.12. The minimum absolute atomic E-state index is 0.185. The van der Waals surface area contributed by atoms with Crippen molar-refractivity contribution in [3.63, 3.8) is 0 Å². The molecule has 0 aromatic heterocycles. The number of nitrogens with zero attached hydrogens (tertiary/aromatic N) is 1. The van der Waals surface area contributed by atoms with Gasteiger partial charge >= 0.3 is 0 Å². The van der Waals surface area contributed by atoms with Crippen molar-refractivity contribution in [2.45, 2.75) is 12.8 Å². The van der Waals surface area contributed by atoms with Crippen LogP contribution in [-0.2, 0) is 9.59 Å². The molecular weight excluding hydrogens is 314 g/mol. The highest BCUT2D eigenvalue weighted by Crippen LogP contribution is 2.23. The zero-order valence-corrected chi connectivity index (χ0v) is 12.7. The lowest BCUT2D eigenvalue weighted by Gasteiger charge is -2.12. The third-order valence-electron chi connectivity index (χ3n) is 2.92. The Morgan fingerprint density at radius 2 is 2.19 bits per heavy atom. The van der Waals surface area contributed by atoms with Crippen molar-refractivity contribution >= 4 is 51.8 Å². The molecule has 0 radical (unpaired) electrons. The Labute approximate surface area is 131 Å². The molecule has 1 saturated heterocycles. The van der Waals surface area contributed by atoms with Gasteiger partial charge in [-0.25, -0.2) is 0 Å². The van der Waals surface area contributed by atoms with Gasteiger partial charge in [-0.1, -0.05) is 23.4 Å². The Morgan fingerprint density at radius 1 is 1.43 bits per heavy atom. The number of halogens is 1. The highest BCUT2D eigenvalue weighted by atomic mass is 35.5. The number of nitrogens with two attached hydrogens (primary N) is 1. The number of carbonyl (C=O) groups excluding carboxylic acids is 3. The molecule has 0 atom stereocenters. The van der Waals surface area contributed by atoms with E-state index in [1.54, 1.807) is 18.2 Å². The number of thioether (sulfide) groups is 1. The number of amides is 3. The first-order valence-electron chi connectivity index (χ1n) is 6.29. The van der Waals surface area contributed by atoms with Gasteiger partial charge in [0.05, 0.1) is 17.1 Å². The second-order valence-electron chi connectivity index (χ2n) is 4.48. The van der Waals surface area contributed by atoms with Gasteiger partial charge < -0.3 is 11.1 Å². The summed E-state index contributed by atoms with van der Waals surface area (Å²) in [5.74, 6) is -0.260. The molecule has 3 amide bonds. The Balaban J connectivity index is 1.81. The molecule has 1 aromatic carbocycles. The first kappa shape index (κ1) is 15.7. The fourth-order valence-corrected chi connectivity index (χ4v) is 2.77. The zero-order valence-electron chi connectivity index (χ0n) is 11.1. The molecule has 1 aromatic rings. The normalized spacial score (nSPS) is 14.6. The molecule has 6 nitrogen and oxygen atoms in total. The molecule has 1 aliphatic heterocycles. The number of anilines is 2. The SMILES string of the molecule is Nc1ccc(Cl)cc1NC(=O)CCCN1C(=O)CSC1=O. The largest absolute Gasteiger partial charge is 0.397 e. The predicted octanol–water partition coefficient (Wildman–Crippen LogP) is 2.34.